The Morgan fingerprint density at radius 1 is 1.22 bits per heavy atom. The average Bonchev–Trinajstić information content (AvgIpc) is 2.39. The van der Waals surface area contributed by atoms with Crippen molar-refractivity contribution in [2.75, 3.05) is 11.9 Å². The van der Waals surface area contributed by atoms with Crippen LogP contribution in [0.5, 0.6) is 0 Å². The van der Waals surface area contributed by atoms with Gasteiger partial charge in [-0.25, -0.2) is 9.97 Å². The maximum Gasteiger partial charge on any atom is 0.137 e. The lowest BCUT2D eigenvalue weighted by Crippen LogP contribution is -2.20. The summed E-state index contributed by atoms with van der Waals surface area (Å²) in [6.45, 7) is 2.74. The summed E-state index contributed by atoms with van der Waals surface area (Å²) < 4.78 is 0. The molecule has 4 nitrogen and oxygen atoms in total. The first-order valence-corrected chi connectivity index (χ1v) is 6.20. The van der Waals surface area contributed by atoms with Gasteiger partial charge in [0, 0.05) is 18.8 Å². The van der Waals surface area contributed by atoms with Crippen LogP contribution in [0.1, 0.15) is 18.2 Å². The maximum absolute atomic E-state index is 6.08. The van der Waals surface area contributed by atoms with Crippen molar-refractivity contribution in [1.29, 1.82) is 0 Å². The minimum Gasteiger partial charge on any atom is -0.353 e. The van der Waals surface area contributed by atoms with Crippen molar-refractivity contribution in [2.45, 2.75) is 19.9 Å². The van der Waals surface area contributed by atoms with E-state index in [0.717, 1.165) is 23.5 Å². The molecule has 0 aromatic carbocycles. The van der Waals surface area contributed by atoms with E-state index < -0.39 is 0 Å². The zero-order chi connectivity index (χ0) is 13.0. The Morgan fingerprint density at radius 3 is 2.72 bits per heavy atom. The summed E-state index contributed by atoms with van der Waals surface area (Å²) in [7, 11) is 1.98. The van der Waals surface area contributed by atoms with Gasteiger partial charge in [-0.15, -0.1) is 0 Å². The van der Waals surface area contributed by atoms with E-state index in [0.29, 0.717) is 11.7 Å². The van der Waals surface area contributed by atoms with E-state index in [4.69, 9.17) is 11.6 Å². The van der Waals surface area contributed by atoms with Crippen LogP contribution in [0.3, 0.4) is 0 Å². The third-order valence-electron chi connectivity index (χ3n) is 2.71. The second-order valence-electron chi connectivity index (χ2n) is 4.00. The molecule has 0 amide bonds. The Morgan fingerprint density at radius 2 is 2.06 bits per heavy atom. The van der Waals surface area contributed by atoms with Gasteiger partial charge in [0.15, 0.2) is 0 Å². The third-order valence-corrected chi connectivity index (χ3v) is 3.04. The maximum atomic E-state index is 6.08. The molecule has 0 aliphatic carbocycles. The smallest absolute Gasteiger partial charge is 0.137 e. The Hall–Kier alpha value is -1.68. The van der Waals surface area contributed by atoms with Crippen LogP contribution in [0.25, 0.3) is 0 Å². The number of pyridine rings is 1. The Kier molecular flexibility index (Phi) is 4.10. The molecule has 0 bridgehead atoms. The highest BCUT2D eigenvalue weighted by Gasteiger charge is 2.12. The van der Waals surface area contributed by atoms with Crippen LogP contribution < -0.4 is 4.90 Å². The summed E-state index contributed by atoms with van der Waals surface area (Å²) in [5, 5.41) is 0.523. The first kappa shape index (κ1) is 12.8. The van der Waals surface area contributed by atoms with Crippen molar-refractivity contribution < 1.29 is 0 Å². The van der Waals surface area contributed by atoms with Gasteiger partial charge in [-0.05, 0) is 18.6 Å². The van der Waals surface area contributed by atoms with Gasteiger partial charge in [-0.2, -0.15) is 0 Å². The molecule has 0 fully saturated rings. The van der Waals surface area contributed by atoms with Crippen LogP contribution in [-0.4, -0.2) is 22.0 Å². The molecular weight excluding hydrogens is 248 g/mol. The standard InChI is InChI=1S/C13H15ClN4/c1-3-11-12(14)16-9-17-13(11)18(2)8-10-6-4-5-7-15-10/h4-7,9H,3,8H2,1-2H3. The molecule has 0 saturated heterocycles. The Bertz CT molecular complexity index is 516. The fourth-order valence-electron chi connectivity index (χ4n) is 1.82. The predicted octanol–water partition coefficient (Wildman–Crippen LogP) is 2.72. The summed E-state index contributed by atoms with van der Waals surface area (Å²) >= 11 is 6.08. The molecule has 2 rings (SSSR count). The number of aromatic nitrogens is 3. The molecule has 0 radical (unpaired) electrons. The summed E-state index contributed by atoms with van der Waals surface area (Å²) in [6.07, 6.45) is 4.09. The lowest BCUT2D eigenvalue weighted by atomic mass is 10.2. The van der Waals surface area contributed by atoms with Gasteiger partial charge in [-0.1, -0.05) is 24.6 Å². The lowest BCUT2D eigenvalue weighted by Gasteiger charge is -2.20. The minimum atomic E-state index is 0.523. The monoisotopic (exact) mass is 262 g/mol. The highest BCUT2D eigenvalue weighted by Crippen LogP contribution is 2.23. The van der Waals surface area contributed by atoms with Crippen molar-refractivity contribution in [2.24, 2.45) is 0 Å². The van der Waals surface area contributed by atoms with Crippen molar-refractivity contribution >= 4 is 17.4 Å². The van der Waals surface area contributed by atoms with Crippen molar-refractivity contribution in [3.63, 3.8) is 0 Å². The molecular formula is C13H15ClN4. The lowest BCUT2D eigenvalue weighted by molar-refractivity contribution is 0.846. The molecule has 0 N–H and O–H groups in total. The van der Waals surface area contributed by atoms with Crippen LogP contribution in [0.15, 0.2) is 30.7 Å². The summed E-state index contributed by atoms with van der Waals surface area (Å²) in [4.78, 5) is 14.7. The fourth-order valence-corrected chi connectivity index (χ4v) is 2.09. The predicted molar refractivity (Wildman–Crippen MR) is 72.8 cm³/mol. The zero-order valence-electron chi connectivity index (χ0n) is 10.5. The van der Waals surface area contributed by atoms with Crippen molar-refractivity contribution in [3.05, 3.63) is 47.1 Å². The molecule has 94 valence electrons. The van der Waals surface area contributed by atoms with E-state index in [1.165, 1.54) is 6.33 Å². The second-order valence-corrected chi connectivity index (χ2v) is 4.36. The quantitative estimate of drug-likeness (QED) is 0.795. The molecule has 0 unspecified atom stereocenters. The van der Waals surface area contributed by atoms with E-state index in [1.54, 1.807) is 6.20 Å². The first-order chi connectivity index (χ1) is 8.72. The molecule has 5 heteroatoms. The SMILES string of the molecule is CCc1c(Cl)ncnc1N(C)Cc1ccccn1. The third kappa shape index (κ3) is 2.76. The highest BCUT2D eigenvalue weighted by molar-refractivity contribution is 6.30. The van der Waals surface area contributed by atoms with E-state index in [-0.39, 0.29) is 0 Å². The topological polar surface area (TPSA) is 41.9 Å². The molecule has 0 atom stereocenters. The number of nitrogens with zero attached hydrogens (tertiary/aromatic N) is 4. The Labute approximate surface area is 112 Å². The molecule has 18 heavy (non-hydrogen) atoms. The van der Waals surface area contributed by atoms with Crippen LogP contribution >= 0.6 is 11.6 Å². The van der Waals surface area contributed by atoms with E-state index >= 15 is 0 Å². The first-order valence-electron chi connectivity index (χ1n) is 5.82. The van der Waals surface area contributed by atoms with Crippen LogP contribution in [0, 0.1) is 0 Å². The molecule has 0 aliphatic rings. The van der Waals surface area contributed by atoms with Crippen LogP contribution in [0.4, 0.5) is 5.82 Å². The Balaban J connectivity index is 2.24. The number of hydrogen-bond donors (Lipinski definition) is 0. The average molecular weight is 263 g/mol. The molecule has 0 spiro atoms. The number of rotatable bonds is 4. The van der Waals surface area contributed by atoms with E-state index in [1.807, 2.05) is 37.1 Å². The van der Waals surface area contributed by atoms with Crippen LogP contribution in [0.2, 0.25) is 5.15 Å². The van der Waals surface area contributed by atoms with Crippen molar-refractivity contribution in [1.82, 2.24) is 15.0 Å². The molecule has 2 aromatic rings. The highest BCUT2D eigenvalue weighted by atomic mass is 35.5. The van der Waals surface area contributed by atoms with Gasteiger partial charge >= 0.3 is 0 Å². The second kappa shape index (κ2) is 5.78. The van der Waals surface area contributed by atoms with Gasteiger partial charge in [0.1, 0.15) is 17.3 Å². The van der Waals surface area contributed by atoms with Gasteiger partial charge in [-0.3, -0.25) is 4.98 Å². The summed E-state index contributed by atoms with van der Waals surface area (Å²) in [5.74, 6) is 0.864. The van der Waals surface area contributed by atoms with Gasteiger partial charge in [0.05, 0.1) is 12.2 Å². The zero-order valence-corrected chi connectivity index (χ0v) is 11.2. The fraction of sp³-hybridized carbons (Fsp3) is 0.308. The van der Waals surface area contributed by atoms with Gasteiger partial charge < -0.3 is 4.90 Å². The van der Waals surface area contributed by atoms with E-state index in [9.17, 15) is 0 Å². The molecule has 2 heterocycles. The molecule has 0 aliphatic heterocycles. The largest absolute Gasteiger partial charge is 0.353 e. The van der Waals surface area contributed by atoms with Gasteiger partial charge in [0.2, 0.25) is 0 Å². The van der Waals surface area contributed by atoms with Gasteiger partial charge in [0.25, 0.3) is 0 Å². The van der Waals surface area contributed by atoms with Crippen molar-refractivity contribution in [3.8, 4) is 0 Å². The van der Waals surface area contributed by atoms with E-state index in [2.05, 4.69) is 15.0 Å². The number of halogens is 1. The number of hydrogen-bond acceptors (Lipinski definition) is 4. The minimum absolute atomic E-state index is 0.523. The summed E-state index contributed by atoms with van der Waals surface area (Å²) in [6, 6.07) is 5.87. The number of anilines is 1. The molecule has 2 aromatic heterocycles. The normalized spacial score (nSPS) is 10.4. The molecule has 0 saturated carbocycles. The summed E-state index contributed by atoms with van der Waals surface area (Å²) in [5.41, 5.74) is 1.97. The van der Waals surface area contributed by atoms with Crippen LogP contribution in [-0.2, 0) is 13.0 Å².